The molecule has 2 aliphatic rings. The third-order valence-corrected chi connectivity index (χ3v) is 5.18. The number of thioether (sulfide) groups is 1. The average molecular weight is 326 g/mol. The molecule has 120 valence electrons. The Hall–Kier alpha value is -1.31. The SMILES string of the molecule is NCC1CN(c2ccc([C@H]3CCSC(O)C3)c(F)c2)C(=O)O1. The number of amides is 1. The number of nitrogens with two attached hydrogens (primary N) is 1. The molecule has 3 N–H and O–H groups in total. The lowest BCUT2D eigenvalue weighted by Gasteiger charge is -2.26. The van der Waals surface area contributed by atoms with E-state index in [1.165, 1.54) is 22.7 Å². The van der Waals surface area contributed by atoms with E-state index < -0.39 is 11.5 Å². The van der Waals surface area contributed by atoms with Crippen molar-refractivity contribution < 1.29 is 19.0 Å². The lowest BCUT2D eigenvalue weighted by Crippen LogP contribution is -2.27. The van der Waals surface area contributed by atoms with Crippen LogP contribution in [0.1, 0.15) is 24.3 Å². The number of benzene rings is 1. The maximum atomic E-state index is 14.4. The first-order valence-corrected chi connectivity index (χ1v) is 8.40. The van der Waals surface area contributed by atoms with Gasteiger partial charge in [-0.05, 0) is 42.2 Å². The summed E-state index contributed by atoms with van der Waals surface area (Å²) in [5.41, 5.74) is 6.15. The Morgan fingerprint density at radius 1 is 1.50 bits per heavy atom. The molecule has 0 bridgehead atoms. The van der Waals surface area contributed by atoms with Crippen molar-refractivity contribution in [3.63, 3.8) is 0 Å². The molecule has 1 aromatic carbocycles. The topological polar surface area (TPSA) is 75.8 Å². The monoisotopic (exact) mass is 326 g/mol. The van der Waals surface area contributed by atoms with Gasteiger partial charge in [-0.1, -0.05) is 6.07 Å². The van der Waals surface area contributed by atoms with E-state index in [1.807, 2.05) is 0 Å². The molecule has 2 fully saturated rings. The highest BCUT2D eigenvalue weighted by atomic mass is 32.2. The van der Waals surface area contributed by atoms with Crippen molar-refractivity contribution in [3.05, 3.63) is 29.6 Å². The standard InChI is InChI=1S/C15H19FN2O3S/c16-13-6-10(18-8-11(7-17)21-15(18)20)1-2-12(13)9-3-4-22-14(19)5-9/h1-2,6,9,11,14,19H,3-5,7-8,17H2/t9-,11?,14?/m0/s1. The number of hydrogen-bond acceptors (Lipinski definition) is 5. The predicted octanol–water partition coefficient (Wildman–Crippen LogP) is 2.04. The van der Waals surface area contributed by atoms with Crippen LogP contribution in [0.15, 0.2) is 18.2 Å². The zero-order chi connectivity index (χ0) is 15.7. The van der Waals surface area contributed by atoms with Gasteiger partial charge < -0.3 is 15.6 Å². The normalized spacial score (nSPS) is 28.8. The van der Waals surface area contributed by atoms with E-state index in [4.69, 9.17) is 10.5 Å². The number of aliphatic hydroxyl groups excluding tert-OH is 1. The van der Waals surface area contributed by atoms with Gasteiger partial charge in [0.25, 0.3) is 0 Å². The van der Waals surface area contributed by atoms with Gasteiger partial charge in [0, 0.05) is 6.54 Å². The van der Waals surface area contributed by atoms with Crippen molar-refractivity contribution in [2.45, 2.75) is 30.3 Å². The molecule has 1 amide bonds. The van der Waals surface area contributed by atoms with Crippen LogP contribution in [0, 0.1) is 5.82 Å². The van der Waals surface area contributed by atoms with Crippen molar-refractivity contribution in [2.24, 2.45) is 5.73 Å². The molecule has 0 spiro atoms. The van der Waals surface area contributed by atoms with Gasteiger partial charge >= 0.3 is 6.09 Å². The first-order valence-electron chi connectivity index (χ1n) is 7.36. The molecule has 0 aromatic heterocycles. The van der Waals surface area contributed by atoms with Crippen LogP contribution >= 0.6 is 11.8 Å². The van der Waals surface area contributed by atoms with Gasteiger partial charge in [0.05, 0.1) is 17.7 Å². The summed E-state index contributed by atoms with van der Waals surface area (Å²) in [6, 6.07) is 4.80. The number of rotatable bonds is 3. The summed E-state index contributed by atoms with van der Waals surface area (Å²) in [4.78, 5) is 13.2. The predicted molar refractivity (Wildman–Crippen MR) is 83.5 cm³/mol. The Morgan fingerprint density at radius 2 is 2.32 bits per heavy atom. The second kappa shape index (κ2) is 6.44. The van der Waals surface area contributed by atoms with Gasteiger partial charge in [0.2, 0.25) is 0 Å². The maximum absolute atomic E-state index is 14.4. The van der Waals surface area contributed by atoms with E-state index in [9.17, 15) is 14.3 Å². The van der Waals surface area contributed by atoms with E-state index in [0.29, 0.717) is 24.2 Å². The number of cyclic esters (lactones) is 1. The zero-order valence-electron chi connectivity index (χ0n) is 12.1. The van der Waals surface area contributed by atoms with Crippen molar-refractivity contribution in [1.82, 2.24) is 0 Å². The second-order valence-corrected chi connectivity index (χ2v) is 6.89. The van der Waals surface area contributed by atoms with Crippen molar-refractivity contribution in [3.8, 4) is 0 Å². The summed E-state index contributed by atoms with van der Waals surface area (Å²) in [5.74, 6) is 0.502. The fourth-order valence-corrected chi connectivity index (χ4v) is 3.99. The van der Waals surface area contributed by atoms with Gasteiger partial charge in [0.15, 0.2) is 0 Å². The molecule has 1 aromatic rings. The average Bonchev–Trinajstić information content (AvgIpc) is 2.88. The lowest BCUT2D eigenvalue weighted by atomic mass is 9.92. The molecular weight excluding hydrogens is 307 g/mol. The molecule has 0 saturated carbocycles. The highest BCUT2D eigenvalue weighted by molar-refractivity contribution is 7.99. The van der Waals surface area contributed by atoms with E-state index in [1.54, 1.807) is 12.1 Å². The van der Waals surface area contributed by atoms with Crippen LogP contribution in [0.4, 0.5) is 14.9 Å². The van der Waals surface area contributed by atoms with E-state index >= 15 is 0 Å². The van der Waals surface area contributed by atoms with Gasteiger partial charge in [-0.25, -0.2) is 9.18 Å². The van der Waals surface area contributed by atoms with Gasteiger partial charge in [0.1, 0.15) is 11.9 Å². The van der Waals surface area contributed by atoms with Gasteiger partial charge in [-0.15, -0.1) is 11.8 Å². The lowest BCUT2D eigenvalue weighted by molar-refractivity contribution is 0.145. The number of anilines is 1. The van der Waals surface area contributed by atoms with Crippen LogP contribution in [0.2, 0.25) is 0 Å². The first-order chi connectivity index (χ1) is 10.6. The third-order valence-electron chi connectivity index (χ3n) is 4.14. The number of carbonyl (C=O) groups excluding carboxylic acids is 1. The molecule has 0 aliphatic carbocycles. The number of aliphatic hydroxyl groups is 1. The highest BCUT2D eigenvalue weighted by Gasteiger charge is 2.32. The van der Waals surface area contributed by atoms with E-state index in [2.05, 4.69) is 0 Å². The quantitative estimate of drug-likeness (QED) is 0.889. The third kappa shape index (κ3) is 3.06. The summed E-state index contributed by atoms with van der Waals surface area (Å²) in [6.45, 7) is 0.591. The highest BCUT2D eigenvalue weighted by Crippen LogP contribution is 2.37. The van der Waals surface area contributed by atoms with Crippen LogP contribution in [-0.4, -0.2) is 41.6 Å². The minimum atomic E-state index is -0.493. The molecule has 0 radical (unpaired) electrons. The number of carbonyl (C=O) groups is 1. The Balaban J connectivity index is 1.79. The summed E-state index contributed by atoms with van der Waals surface area (Å²) < 4.78 is 19.5. The summed E-state index contributed by atoms with van der Waals surface area (Å²) in [5, 5.41) is 9.71. The fraction of sp³-hybridized carbons (Fsp3) is 0.533. The van der Waals surface area contributed by atoms with Gasteiger partial charge in [-0.2, -0.15) is 0 Å². The fourth-order valence-electron chi connectivity index (χ4n) is 2.93. The smallest absolute Gasteiger partial charge is 0.414 e. The number of ether oxygens (including phenoxy) is 1. The Morgan fingerprint density at radius 3 is 2.95 bits per heavy atom. The van der Waals surface area contributed by atoms with Gasteiger partial charge in [-0.3, -0.25) is 4.90 Å². The molecule has 2 unspecified atom stereocenters. The first kappa shape index (κ1) is 15.6. The Kier molecular flexibility index (Phi) is 4.56. The van der Waals surface area contributed by atoms with Crippen LogP contribution in [0.25, 0.3) is 0 Å². The summed E-state index contributed by atoms with van der Waals surface area (Å²) >= 11 is 1.50. The van der Waals surface area contributed by atoms with E-state index in [0.717, 1.165) is 12.2 Å². The number of nitrogens with zero attached hydrogens (tertiary/aromatic N) is 1. The van der Waals surface area contributed by atoms with Crippen LogP contribution in [0.3, 0.4) is 0 Å². The van der Waals surface area contributed by atoms with Crippen LogP contribution in [-0.2, 0) is 4.74 Å². The molecule has 3 atom stereocenters. The molecule has 2 saturated heterocycles. The van der Waals surface area contributed by atoms with Crippen LogP contribution < -0.4 is 10.6 Å². The molecule has 7 heteroatoms. The van der Waals surface area contributed by atoms with E-state index in [-0.39, 0.29) is 24.4 Å². The minimum Gasteiger partial charge on any atom is -0.443 e. The Bertz CT molecular complexity index is 572. The van der Waals surface area contributed by atoms with Crippen LogP contribution in [0.5, 0.6) is 0 Å². The molecule has 5 nitrogen and oxygen atoms in total. The molecule has 2 aliphatic heterocycles. The molecule has 22 heavy (non-hydrogen) atoms. The number of hydrogen-bond donors (Lipinski definition) is 2. The van der Waals surface area contributed by atoms with Crippen molar-refractivity contribution >= 4 is 23.5 Å². The number of halogens is 1. The molecular formula is C15H19FN2O3S. The molecule has 2 heterocycles. The zero-order valence-corrected chi connectivity index (χ0v) is 12.9. The maximum Gasteiger partial charge on any atom is 0.414 e. The minimum absolute atomic E-state index is 0.0209. The molecule has 3 rings (SSSR count). The van der Waals surface area contributed by atoms with Crippen molar-refractivity contribution in [2.75, 3.05) is 23.7 Å². The largest absolute Gasteiger partial charge is 0.443 e. The summed E-state index contributed by atoms with van der Waals surface area (Å²) in [6.07, 6.45) is 0.564. The second-order valence-electron chi connectivity index (χ2n) is 5.60. The Labute approximate surface area is 132 Å². The summed E-state index contributed by atoms with van der Waals surface area (Å²) in [7, 11) is 0. The van der Waals surface area contributed by atoms with Crippen molar-refractivity contribution in [1.29, 1.82) is 0 Å².